The highest BCUT2D eigenvalue weighted by Crippen LogP contribution is 2.47. The first kappa shape index (κ1) is 14.6. The number of carbonyl (C=O) groups excluding carboxylic acids is 1. The third kappa shape index (κ3) is 3.62. The van der Waals surface area contributed by atoms with Gasteiger partial charge in [-0.1, -0.05) is 13.8 Å². The zero-order valence-corrected chi connectivity index (χ0v) is 11.9. The number of aliphatic carboxylic acids is 1. The van der Waals surface area contributed by atoms with E-state index in [-0.39, 0.29) is 12.3 Å². The summed E-state index contributed by atoms with van der Waals surface area (Å²) < 4.78 is 5.71. The Morgan fingerprint density at radius 3 is 2.75 bits per heavy atom. The summed E-state index contributed by atoms with van der Waals surface area (Å²) in [6.45, 7) is 3.92. The van der Waals surface area contributed by atoms with E-state index in [4.69, 9.17) is 9.52 Å². The smallest absolute Gasteiger partial charge is 0.326 e. The van der Waals surface area contributed by atoms with Crippen LogP contribution in [-0.2, 0) is 16.0 Å². The molecule has 0 radical (unpaired) electrons. The number of furan rings is 1. The first-order valence-corrected chi connectivity index (χ1v) is 7.12. The number of amides is 1. The quantitative estimate of drug-likeness (QED) is 0.802. The van der Waals surface area contributed by atoms with Crippen LogP contribution in [0.15, 0.2) is 16.5 Å². The van der Waals surface area contributed by atoms with Gasteiger partial charge >= 0.3 is 5.97 Å². The number of nitrogens with one attached hydrogen (secondary N) is 1. The molecule has 5 heteroatoms. The molecular formula is C15H21NO4. The lowest BCUT2D eigenvalue weighted by molar-refractivity contribution is -0.141. The van der Waals surface area contributed by atoms with E-state index in [1.165, 1.54) is 6.42 Å². The van der Waals surface area contributed by atoms with Crippen molar-refractivity contribution in [2.45, 2.75) is 51.5 Å². The molecule has 2 rings (SSSR count). The second-order valence-electron chi connectivity index (χ2n) is 5.49. The molecule has 0 aliphatic heterocycles. The monoisotopic (exact) mass is 279 g/mol. The number of carbonyl (C=O) groups is 2. The van der Waals surface area contributed by atoms with E-state index in [0.717, 1.165) is 11.5 Å². The second-order valence-corrected chi connectivity index (χ2v) is 5.49. The molecule has 1 saturated carbocycles. The van der Waals surface area contributed by atoms with E-state index in [1.54, 1.807) is 6.92 Å². The maximum atomic E-state index is 11.7. The predicted molar refractivity (Wildman–Crippen MR) is 73.4 cm³/mol. The lowest BCUT2D eigenvalue weighted by Crippen LogP contribution is -2.40. The van der Waals surface area contributed by atoms with Gasteiger partial charge in [-0.3, -0.25) is 4.79 Å². The fraction of sp³-hybridized carbons (Fsp3) is 0.600. The van der Waals surface area contributed by atoms with Crippen molar-refractivity contribution in [3.8, 4) is 0 Å². The molecule has 1 aliphatic carbocycles. The molecular weight excluding hydrogens is 258 g/mol. The van der Waals surface area contributed by atoms with Crippen LogP contribution in [0.1, 0.15) is 50.5 Å². The van der Waals surface area contributed by atoms with E-state index in [1.807, 2.05) is 12.1 Å². The highest BCUT2D eigenvalue weighted by Gasteiger charge is 2.36. The Labute approximate surface area is 118 Å². The fourth-order valence-corrected chi connectivity index (χ4v) is 2.29. The van der Waals surface area contributed by atoms with Crippen LogP contribution in [-0.4, -0.2) is 23.0 Å². The molecule has 0 aromatic carbocycles. The van der Waals surface area contributed by atoms with Crippen molar-refractivity contribution >= 4 is 11.9 Å². The third-order valence-corrected chi connectivity index (χ3v) is 3.80. The minimum absolute atomic E-state index is 0.247. The molecule has 5 nitrogen and oxygen atoms in total. The van der Waals surface area contributed by atoms with E-state index in [0.29, 0.717) is 24.7 Å². The van der Waals surface area contributed by atoms with Gasteiger partial charge in [-0.25, -0.2) is 4.79 Å². The van der Waals surface area contributed by atoms with Crippen molar-refractivity contribution in [3.05, 3.63) is 23.7 Å². The van der Waals surface area contributed by atoms with Gasteiger partial charge in [0, 0.05) is 18.8 Å². The first-order valence-electron chi connectivity index (χ1n) is 7.12. The number of carboxylic acid groups (broad SMARTS) is 1. The maximum Gasteiger partial charge on any atom is 0.326 e. The Bertz CT molecular complexity index is 494. The summed E-state index contributed by atoms with van der Waals surface area (Å²) in [7, 11) is 0. The summed E-state index contributed by atoms with van der Waals surface area (Å²) in [5, 5.41) is 11.4. The molecule has 2 unspecified atom stereocenters. The van der Waals surface area contributed by atoms with Crippen LogP contribution in [0.4, 0.5) is 0 Å². The topological polar surface area (TPSA) is 79.5 Å². The maximum absolute atomic E-state index is 11.7. The predicted octanol–water partition coefficient (Wildman–Crippen LogP) is 2.31. The van der Waals surface area contributed by atoms with Gasteiger partial charge in [0.05, 0.1) is 0 Å². The van der Waals surface area contributed by atoms with E-state index >= 15 is 0 Å². The lowest BCUT2D eigenvalue weighted by atomic mass is 10.2. The minimum atomic E-state index is -0.996. The molecule has 110 valence electrons. The number of hydrogen-bond donors (Lipinski definition) is 2. The highest BCUT2D eigenvalue weighted by molar-refractivity contribution is 5.83. The summed E-state index contributed by atoms with van der Waals surface area (Å²) in [5.41, 5.74) is 0. The molecule has 1 fully saturated rings. The standard InChI is InChI=1S/C15H21NO4/c1-3-12(15(18)19)16-14(17)7-5-10-4-6-13(20-10)11-8-9(11)2/h4,6,9,11-12H,3,5,7-8H2,1-2H3,(H,16,17)(H,18,19)/t9?,11?,12-/m1/s1. The Kier molecular flexibility index (Phi) is 4.47. The van der Waals surface area contributed by atoms with Crippen molar-refractivity contribution in [2.75, 3.05) is 0 Å². The SMILES string of the molecule is CC[C@@H](NC(=O)CCc1ccc(C2CC2C)o1)C(=O)O. The summed E-state index contributed by atoms with van der Waals surface area (Å²) in [5.74, 6) is 1.77. The molecule has 1 aromatic heterocycles. The van der Waals surface area contributed by atoms with Crippen LogP contribution in [0.5, 0.6) is 0 Å². The van der Waals surface area contributed by atoms with Crippen LogP contribution in [0, 0.1) is 5.92 Å². The van der Waals surface area contributed by atoms with Crippen LogP contribution < -0.4 is 5.32 Å². The van der Waals surface area contributed by atoms with Crippen molar-refractivity contribution in [1.29, 1.82) is 0 Å². The first-order chi connectivity index (χ1) is 9.51. The summed E-state index contributed by atoms with van der Waals surface area (Å²) >= 11 is 0. The number of rotatable bonds is 7. The Hall–Kier alpha value is -1.78. The molecule has 0 bridgehead atoms. The zero-order chi connectivity index (χ0) is 14.7. The Morgan fingerprint density at radius 2 is 2.20 bits per heavy atom. The van der Waals surface area contributed by atoms with Crippen molar-refractivity contribution in [3.63, 3.8) is 0 Å². The normalized spacial score (nSPS) is 22.3. The molecule has 0 spiro atoms. The van der Waals surface area contributed by atoms with E-state index in [2.05, 4.69) is 12.2 Å². The number of hydrogen-bond acceptors (Lipinski definition) is 3. The van der Waals surface area contributed by atoms with Crippen molar-refractivity contribution in [1.82, 2.24) is 5.32 Å². The molecule has 1 amide bonds. The van der Waals surface area contributed by atoms with Gasteiger partial charge in [0.15, 0.2) is 0 Å². The zero-order valence-electron chi connectivity index (χ0n) is 11.9. The van der Waals surface area contributed by atoms with Gasteiger partial charge in [-0.05, 0) is 30.9 Å². The van der Waals surface area contributed by atoms with Gasteiger partial charge in [0.1, 0.15) is 17.6 Å². The average molecular weight is 279 g/mol. The van der Waals surface area contributed by atoms with E-state index in [9.17, 15) is 9.59 Å². The van der Waals surface area contributed by atoms with Crippen LogP contribution in [0.3, 0.4) is 0 Å². The third-order valence-electron chi connectivity index (χ3n) is 3.80. The van der Waals surface area contributed by atoms with Gasteiger partial charge in [-0.2, -0.15) is 0 Å². The number of aryl methyl sites for hydroxylation is 1. The molecule has 20 heavy (non-hydrogen) atoms. The van der Waals surface area contributed by atoms with E-state index < -0.39 is 12.0 Å². The molecule has 0 saturated heterocycles. The van der Waals surface area contributed by atoms with Gasteiger partial charge in [0.2, 0.25) is 5.91 Å². The molecule has 1 aliphatic rings. The lowest BCUT2D eigenvalue weighted by Gasteiger charge is -2.11. The molecule has 3 atom stereocenters. The fourth-order valence-electron chi connectivity index (χ4n) is 2.29. The highest BCUT2D eigenvalue weighted by atomic mass is 16.4. The van der Waals surface area contributed by atoms with Crippen LogP contribution in [0.2, 0.25) is 0 Å². The van der Waals surface area contributed by atoms with Crippen molar-refractivity contribution in [2.24, 2.45) is 5.92 Å². The van der Waals surface area contributed by atoms with Gasteiger partial charge in [-0.15, -0.1) is 0 Å². The minimum Gasteiger partial charge on any atom is -0.480 e. The largest absolute Gasteiger partial charge is 0.480 e. The van der Waals surface area contributed by atoms with Crippen molar-refractivity contribution < 1.29 is 19.1 Å². The van der Waals surface area contributed by atoms with Crippen LogP contribution >= 0.6 is 0 Å². The molecule has 2 N–H and O–H groups in total. The molecule has 1 heterocycles. The van der Waals surface area contributed by atoms with Gasteiger partial charge in [0.25, 0.3) is 0 Å². The molecule has 1 aromatic rings. The number of carboxylic acids is 1. The Balaban J connectivity index is 1.78. The summed E-state index contributed by atoms with van der Waals surface area (Å²) in [6, 6.07) is 3.08. The summed E-state index contributed by atoms with van der Waals surface area (Å²) in [4.78, 5) is 22.5. The summed E-state index contributed by atoms with van der Waals surface area (Å²) in [6.07, 6.45) is 2.30. The second kappa shape index (κ2) is 6.11. The average Bonchev–Trinajstić information content (AvgIpc) is 2.96. The Morgan fingerprint density at radius 1 is 1.50 bits per heavy atom. The van der Waals surface area contributed by atoms with Crippen LogP contribution in [0.25, 0.3) is 0 Å². The van der Waals surface area contributed by atoms with Gasteiger partial charge < -0.3 is 14.8 Å².